The number of carbonyl (C=O) groups excluding carboxylic acids is 1. The molecule has 0 aliphatic heterocycles. The third-order valence-corrected chi connectivity index (χ3v) is 5.26. The van der Waals surface area contributed by atoms with Crippen LogP contribution in [0.5, 0.6) is 0 Å². The first-order chi connectivity index (χ1) is 10.5. The van der Waals surface area contributed by atoms with Crippen molar-refractivity contribution in [1.29, 1.82) is 0 Å². The van der Waals surface area contributed by atoms with E-state index in [1.165, 1.54) is 6.42 Å². The Balaban J connectivity index is 1.45. The molecule has 2 aliphatic carbocycles. The summed E-state index contributed by atoms with van der Waals surface area (Å²) < 4.78 is 5.62. The van der Waals surface area contributed by atoms with Gasteiger partial charge in [0.15, 0.2) is 0 Å². The highest BCUT2D eigenvalue weighted by molar-refractivity contribution is 5.68. The molecule has 0 radical (unpaired) electrons. The molecule has 22 heavy (non-hydrogen) atoms. The fraction of sp³-hybridized carbons (Fsp3) is 0.765. The summed E-state index contributed by atoms with van der Waals surface area (Å²) in [5, 5.41) is 10.4. The minimum atomic E-state index is -0.249. The highest BCUT2D eigenvalue weighted by Gasteiger charge is 2.41. The van der Waals surface area contributed by atoms with Crippen molar-refractivity contribution in [3.63, 3.8) is 0 Å². The van der Waals surface area contributed by atoms with E-state index in [9.17, 15) is 4.79 Å². The van der Waals surface area contributed by atoms with E-state index < -0.39 is 0 Å². The molecule has 2 N–H and O–H groups in total. The van der Waals surface area contributed by atoms with E-state index in [-0.39, 0.29) is 17.7 Å². The SMILES string of the molecule is CCC1CC(C)(NC(=O)OC2CCC(c3cc(C)[nH]n3)C2)C1. The molecule has 3 rings (SSSR count). The molecule has 0 saturated heterocycles. The number of aromatic amines is 1. The maximum Gasteiger partial charge on any atom is 0.407 e. The van der Waals surface area contributed by atoms with Crippen LogP contribution in [0.4, 0.5) is 4.79 Å². The van der Waals surface area contributed by atoms with Gasteiger partial charge in [-0.2, -0.15) is 5.10 Å². The minimum absolute atomic E-state index is 0.0210. The van der Waals surface area contributed by atoms with Crippen molar-refractivity contribution in [2.24, 2.45) is 5.92 Å². The predicted octanol–water partition coefficient (Wildman–Crippen LogP) is 3.66. The van der Waals surface area contributed by atoms with E-state index in [1.54, 1.807) is 0 Å². The minimum Gasteiger partial charge on any atom is -0.446 e. The Morgan fingerprint density at radius 2 is 2.27 bits per heavy atom. The summed E-state index contributed by atoms with van der Waals surface area (Å²) >= 11 is 0. The van der Waals surface area contributed by atoms with Gasteiger partial charge in [-0.05, 0) is 57.9 Å². The van der Waals surface area contributed by atoms with Crippen LogP contribution in [0.25, 0.3) is 0 Å². The van der Waals surface area contributed by atoms with E-state index >= 15 is 0 Å². The van der Waals surface area contributed by atoms with Gasteiger partial charge in [0.05, 0.1) is 5.69 Å². The van der Waals surface area contributed by atoms with Gasteiger partial charge in [-0.15, -0.1) is 0 Å². The Hall–Kier alpha value is -1.52. The monoisotopic (exact) mass is 305 g/mol. The number of rotatable bonds is 4. The van der Waals surface area contributed by atoms with E-state index in [1.807, 2.05) is 6.92 Å². The fourth-order valence-corrected chi connectivity index (χ4v) is 4.00. The van der Waals surface area contributed by atoms with E-state index in [2.05, 4.69) is 35.4 Å². The molecule has 2 atom stereocenters. The molecule has 1 amide bonds. The smallest absolute Gasteiger partial charge is 0.407 e. The summed E-state index contributed by atoms with van der Waals surface area (Å²) in [5.74, 6) is 1.16. The van der Waals surface area contributed by atoms with Gasteiger partial charge in [0.2, 0.25) is 0 Å². The van der Waals surface area contributed by atoms with Crippen molar-refractivity contribution < 1.29 is 9.53 Å². The van der Waals surface area contributed by atoms with Gasteiger partial charge in [0, 0.05) is 17.2 Å². The molecular weight excluding hydrogens is 278 g/mol. The highest BCUT2D eigenvalue weighted by Crippen LogP contribution is 2.40. The Labute approximate surface area is 132 Å². The lowest BCUT2D eigenvalue weighted by atomic mass is 9.68. The molecule has 2 aliphatic rings. The number of H-pyrrole nitrogens is 1. The maximum absolute atomic E-state index is 12.1. The van der Waals surface area contributed by atoms with Crippen LogP contribution < -0.4 is 5.32 Å². The molecule has 0 aromatic carbocycles. The number of alkyl carbamates (subject to hydrolysis) is 1. The van der Waals surface area contributed by atoms with Gasteiger partial charge >= 0.3 is 6.09 Å². The second-order valence-corrected chi connectivity index (χ2v) is 7.38. The zero-order valence-corrected chi connectivity index (χ0v) is 13.8. The summed E-state index contributed by atoms with van der Waals surface area (Å²) in [7, 11) is 0. The summed E-state index contributed by atoms with van der Waals surface area (Å²) in [5.41, 5.74) is 2.12. The van der Waals surface area contributed by atoms with Gasteiger partial charge in [0.25, 0.3) is 0 Å². The number of hydrogen-bond donors (Lipinski definition) is 2. The number of nitrogens with zero attached hydrogens (tertiary/aromatic N) is 1. The van der Waals surface area contributed by atoms with Crippen LogP contribution in [-0.2, 0) is 4.74 Å². The average Bonchev–Trinajstić information content (AvgIpc) is 3.04. The Morgan fingerprint density at radius 1 is 1.50 bits per heavy atom. The third kappa shape index (κ3) is 3.28. The zero-order valence-electron chi connectivity index (χ0n) is 13.8. The number of ether oxygens (including phenoxy) is 1. The molecule has 2 saturated carbocycles. The van der Waals surface area contributed by atoms with Crippen LogP contribution in [0.3, 0.4) is 0 Å². The van der Waals surface area contributed by atoms with Crippen molar-refractivity contribution >= 4 is 6.09 Å². The molecule has 5 nitrogen and oxygen atoms in total. The van der Waals surface area contributed by atoms with Crippen LogP contribution in [0.1, 0.15) is 69.7 Å². The third-order valence-electron chi connectivity index (χ3n) is 5.26. The molecule has 122 valence electrons. The number of amides is 1. The standard InChI is InChI=1S/C17H27N3O2/c1-4-12-9-17(3,10-12)18-16(21)22-14-6-5-13(8-14)15-7-11(2)19-20-15/h7,12-14H,4-6,8-10H2,1-3H3,(H,18,21)(H,19,20). The lowest BCUT2D eigenvalue weighted by Gasteiger charge is -2.45. The van der Waals surface area contributed by atoms with Gasteiger partial charge in [-0.25, -0.2) is 4.79 Å². The molecular formula is C17H27N3O2. The number of aromatic nitrogens is 2. The van der Waals surface area contributed by atoms with Crippen LogP contribution in [-0.4, -0.2) is 27.9 Å². The molecule has 5 heteroatoms. The first kappa shape index (κ1) is 15.4. The number of aryl methyl sites for hydroxylation is 1. The van der Waals surface area contributed by atoms with Crippen LogP contribution in [0.2, 0.25) is 0 Å². The van der Waals surface area contributed by atoms with Gasteiger partial charge in [-0.1, -0.05) is 13.3 Å². The second-order valence-electron chi connectivity index (χ2n) is 7.38. The molecule has 1 heterocycles. The molecule has 0 bridgehead atoms. The fourth-order valence-electron chi connectivity index (χ4n) is 4.00. The molecule has 0 spiro atoms. The van der Waals surface area contributed by atoms with Crippen molar-refractivity contribution in [3.8, 4) is 0 Å². The lowest BCUT2D eigenvalue weighted by molar-refractivity contribution is 0.0650. The largest absolute Gasteiger partial charge is 0.446 e. The first-order valence-electron chi connectivity index (χ1n) is 8.48. The second kappa shape index (κ2) is 5.94. The van der Waals surface area contributed by atoms with Gasteiger partial charge in [0.1, 0.15) is 6.10 Å². The van der Waals surface area contributed by atoms with Crippen LogP contribution in [0, 0.1) is 12.8 Å². The topological polar surface area (TPSA) is 67.0 Å². The molecule has 1 aromatic rings. The average molecular weight is 305 g/mol. The Bertz CT molecular complexity index is 534. The number of nitrogens with one attached hydrogen (secondary N) is 2. The quantitative estimate of drug-likeness (QED) is 0.892. The van der Waals surface area contributed by atoms with E-state index in [4.69, 9.17) is 4.74 Å². The number of carbonyl (C=O) groups is 1. The first-order valence-corrected chi connectivity index (χ1v) is 8.48. The van der Waals surface area contributed by atoms with Crippen molar-refractivity contribution in [2.45, 2.75) is 76.9 Å². The molecule has 2 fully saturated rings. The van der Waals surface area contributed by atoms with Crippen LogP contribution >= 0.6 is 0 Å². The van der Waals surface area contributed by atoms with E-state index in [0.29, 0.717) is 5.92 Å². The van der Waals surface area contributed by atoms with Crippen molar-refractivity contribution in [3.05, 3.63) is 17.5 Å². The highest BCUT2D eigenvalue weighted by atomic mass is 16.6. The summed E-state index contributed by atoms with van der Waals surface area (Å²) in [6, 6.07) is 2.09. The predicted molar refractivity (Wildman–Crippen MR) is 84.7 cm³/mol. The Kier molecular flexibility index (Phi) is 4.15. The summed E-state index contributed by atoms with van der Waals surface area (Å²) in [6.07, 6.45) is 5.95. The van der Waals surface area contributed by atoms with E-state index in [0.717, 1.165) is 49.4 Å². The Morgan fingerprint density at radius 3 is 2.91 bits per heavy atom. The van der Waals surface area contributed by atoms with Crippen LogP contribution in [0.15, 0.2) is 6.07 Å². The maximum atomic E-state index is 12.1. The van der Waals surface area contributed by atoms with Crippen molar-refractivity contribution in [1.82, 2.24) is 15.5 Å². The number of hydrogen-bond acceptors (Lipinski definition) is 3. The zero-order chi connectivity index (χ0) is 15.7. The normalized spacial score (nSPS) is 34.2. The van der Waals surface area contributed by atoms with Gasteiger partial charge < -0.3 is 10.1 Å². The summed E-state index contributed by atoms with van der Waals surface area (Å²) in [4.78, 5) is 12.1. The lowest BCUT2D eigenvalue weighted by Crippen LogP contribution is -2.55. The molecule has 1 aromatic heterocycles. The van der Waals surface area contributed by atoms with Crippen molar-refractivity contribution in [2.75, 3.05) is 0 Å². The summed E-state index contributed by atoms with van der Waals surface area (Å²) in [6.45, 7) is 6.33. The van der Waals surface area contributed by atoms with Gasteiger partial charge in [-0.3, -0.25) is 5.10 Å². The molecule has 2 unspecified atom stereocenters.